The molecular formula is C23H30N2O4S. The number of sulfonamides is 1. The Bertz CT molecular complexity index is 979. The molecule has 0 saturated carbocycles. The lowest BCUT2D eigenvalue weighted by Crippen LogP contribution is -2.32. The molecule has 3 rings (SSSR count). The SMILES string of the molecule is Cc1ccc(C)c(O[C@@H](C)C(=O)Nc2ccc(S(=O)(=O)N3CCCCCC3)cc2)c1. The van der Waals surface area contributed by atoms with Gasteiger partial charge in [-0.2, -0.15) is 4.31 Å². The molecule has 1 atom stereocenters. The number of benzene rings is 2. The molecule has 2 aromatic rings. The summed E-state index contributed by atoms with van der Waals surface area (Å²) in [4.78, 5) is 12.8. The van der Waals surface area contributed by atoms with Crippen molar-refractivity contribution in [2.45, 2.75) is 57.5 Å². The highest BCUT2D eigenvalue weighted by Gasteiger charge is 2.25. The average Bonchev–Trinajstić information content (AvgIpc) is 3.01. The lowest BCUT2D eigenvalue weighted by atomic mass is 10.1. The highest BCUT2D eigenvalue weighted by Crippen LogP contribution is 2.23. The molecule has 162 valence electrons. The molecule has 1 saturated heterocycles. The van der Waals surface area contributed by atoms with Crippen LogP contribution >= 0.6 is 0 Å². The number of hydrogen-bond acceptors (Lipinski definition) is 4. The number of ether oxygens (including phenoxy) is 1. The van der Waals surface area contributed by atoms with E-state index in [1.165, 1.54) is 0 Å². The largest absolute Gasteiger partial charge is 0.481 e. The molecular weight excluding hydrogens is 400 g/mol. The highest BCUT2D eigenvalue weighted by atomic mass is 32.2. The zero-order valence-electron chi connectivity index (χ0n) is 17.8. The molecule has 30 heavy (non-hydrogen) atoms. The van der Waals surface area contributed by atoms with Crippen LogP contribution < -0.4 is 10.1 Å². The lowest BCUT2D eigenvalue weighted by molar-refractivity contribution is -0.122. The monoisotopic (exact) mass is 430 g/mol. The van der Waals surface area contributed by atoms with Crippen molar-refractivity contribution in [3.63, 3.8) is 0 Å². The van der Waals surface area contributed by atoms with Crippen LogP contribution in [0.4, 0.5) is 5.69 Å². The van der Waals surface area contributed by atoms with Gasteiger partial charge in [0.05, 0.1) is 4.90 Å². The van der Waals surface area contributed by atoms with Gasteiger partial charge in [-0.25, -0.2) is 8.42 Å². The van der Waals surface area contributed by atoms with Gasteiger partial charge < -0.3 is 10.1 Å². The topological polar surface area (TPSA) is 75.7 Å². The Kier molecular flexibility index (Phi) is 7.15. The van der Waals surface area contributed by atoms with Crippen molar-refractivity contribution < 1.29 is 17.9 Å². The second-order valence-electron chi connectivity index (χ2n) is 7.86. The zero-order chi connectivity index (χ0) is 21.7. The maximum absolute atomic E-state index is 12.9. The third-order valence-corrected chi connectivity index (χ3v) is 7.25. The predicted octanol–water partition coefficient (Wildman–Crippen LogP) is 4.27. The van der Waals surface area contributed by atoms with Crippen molar-refractivity contribution >= 4 is 21.6 Å². The molecule has 1 N–H and O–H groups in total. The summed E-state index contributed by atoms with van der Waals surface area (Å²) in [6.07, 6.45) is 3.24. The van der Waals surface area contributed by atoms with Crippen molar-refractivity contribution in [3.8, 4) is 5.75 Å². The zero-order valence-corrected chi connectivity index (χ0v) is 18.7. The summed E-state index contributed by atoms with van der Waals surface area (Å²) in [6, 6.07) is 12.2. The van der Waals surface area contributed by atoms with Crippen LogP contribution in [0.5, 0.6) is 5.75 Å². The van der Waals surface area contributed by atoms with Crippen molar-refractivity contribution in [1.82, 2.24) is 4.31 Å². The fourth-order valence-corrected chi connectivity index (χ4v) is 4.98. The van der Waals surface area contributed by atoms with Crippen molar-refractivity contribution in [2.24, 2.45) is 0 Å². The summed E-state index contributed by atoms with van der Waals surface area (Å²) in [5.74, 6) is 0.385. The van der Waals surface area contributed by atoms with E-state index < -0.39 is 16.1 Å². The van der Waals surface area contributed by atoms with Crippen LogP contribution in [0.1, 0.15) is 43.7 Å². The summed E-state index contributed by atoms with van der Waals surface area (Å²) >= 11 is 0. The third kappa shape index (κ3) is 5.40. The molecule has 2 aromatic carbocycles. The third-order valence-electron chi connectivity index (χ3n) is 5.34. The van der Waals surface area contributed by atoms with Gasteiger partial charge in [0, 0.05) is 18.8 Å². The van der Waals surface area contributed by atoms with E-state index in [9.17, 15) is 13.2 Å². The maximum Gasteiger partial charge on any atom is 0.265 e. The second-order valence-corrected chi connectivity index (χ2v) is 9.80. The molecule has 1 aliphatic heterocycles. The predicted molar refractivity (Wildman–Crippen MR) is 118 cm³/mol. The van der Waals surface area contributed by atoms with Gasteiger partial charge in [0.15, 0.2) is 6.10 Å². The Labute approximate surface area is 179 Å². The van der Waals surface area contributed by atoms with Gasteiger partial charge in [-0.05, 0) is 75.1 Å². The second kappa shape index (κ2) is 9.62. The number of hydrogen-bond donors (Lipinski definition) is 1. The first-order valence-corrected chi connectivity index (χ1v) is 11.9. The molecule has 1 aliphatic rings. The van der Waals surface area contributed by atoms with Crippen LogP contribution in [-0.2, 0) is 14.8 Å². The standard InChI is InChI=1S/C23H30N2O4S/c1-17-8-9-18(2)22(16-17)29-19(3)23(26)24-20-10-12-21(13-11-20)30(27,28)25-14-6-4-5-7-15-25/h8-13,16,19H,4-7,14-15H2,1-3H3,(H,24,26)/t19-/m0/s1. The molecule has 0 aliphatic carbocycles. The summed E-state index contributed by atoms with van der Waals surface area (Å²) in [7, 11) is -3.50. The smallest absolute Gasteiger partial charge is 0.265 e. The number of rotatable bonds is 6. The van der Waals surface area contributed by atoms with Gasteiger partial charge in [0.1, 0.15) is 5.75 Å². The number of anilines is 1. The molecule has 0 radical (unpaired) electrons. The quantitative estimate of drug-likeness (QED) is 0.742. The number of aryl methyl sites for hydroxylation is 2. The Morgan fingerprint density at radius 3 is 2.27 bits per heavy atom. The molecule has 1 heterocycles. The Balaban J connectivity index is 1.64. The molecule has 1 amide bonds. The Hall–Kier alpha value is -2.38. The van der Waals surface area contributed by atoms with Gasteiger partial charge in [0.25, 0.3) is 5.91 Å². The highest BCUT2D eigenvalue weighted by molar-refractivity contribution is 7.89. The number of nitrogens with one attached hydrogen (secondary N) is 1. The molecule has 0 spiro atoms. The van der Waals surface area contributed by atoms with E-state index in [0.717, 1.165) is 36.8 Å². The van der Waals surface area contributed by atoms with E-state index in [4.69, 9.17) is 4.74 Å². The minimum atomic E-state index is -3.50. The van der Waals surface area contributed by atoms with Crippen LogP contribution in [0.3, 0.4) is 0 Å². The minimum Gasteiger partial charge on any atom is -0.481 e. The molecule has 0 bridgehead atoms. The summed E-state index contributed by atoms with van der Waals surface area (Å²) in [5.41, 5.74) is 2.55. The number of amides is 1. The summed E-state index contributed by atoms with van der Waals surface area (Å²) < 4.78 is 33.1. The Morgan fingerprint density at radius 2 is 1.63 bits per heavy atom. The van der Waals surface area contributed by atoms with Crippen LogP contribution in [0.2, 0.25) is 0 Å². The van der Waals surface area contributed by atoms with E-state index in [1.54, 1.807) is 35.5 Å². The maximum atomic E-state index is 12.9. The van der Waals surface area contributed by atoms with Crippen LogP contribution in [0.25, 0.3) is 0 Å². The molecule has 7 heteroatoms. The number of nitrogens with zero attached hydrogens (tertiary/aromatic N) is 1. The molecule has 6 nitrogen and oxygen atoms in total. The minimum absolute atomic E-state index is 0.252. The Morgan fingerprint density at radius 1 is 1.00 bits per heavy atom. The van der Waals surface area contributed by atoms with Crippen molar-refractivity contribution in [2.75, 3.05) is 18.4 Å². The van der Waals surface area contributed by atoms with E-state index in [1.807, 2.05) is 32.0 Å². The van der Waals surface area contributed by atoms with Crippen LogP contribution in [0.15, 0.2) is 47.4 Å². The van der Waals surface area contributed by atoms with Crippen LogP contribution in [-0.4, -0.2) is 37.8 Å². The molecule has 0 unspecified atom stereocenters. The van der Waals surface area contributed by atoms with Gasteiger partial charge in [-0.15, -0.1) is 0 Å². The summed E-state index contributed by atoms with van der Waals surface area (Å²) in [6.45, 7) is 6.72. The van der Waals surface area contributed by atoms with E-state index in [0.29, 0.717) is 24.5 Å². The fourth-order valence-electron chi connectivity index (χ4n) is 3.46. The lowest BCUT2D eigenvalue weighted by Gasteiger charge is -2.20. The van der Waals surface area contributed by atoms with E-state index in [-0.39, 0.29) is 10.8 Å². The molecule has 0 aromatic heterocycles. The van der Waals surface area contributed by atoms with Crippen molar-refractivity contribution in [3.05, 3.63) is 53.6 Å². The van der Waals surface area contributed by atoms with E-state index >= 15 is 0 Å². The first-order valence-electron chi connectivity index (χ1n) is 10.4. The van der Waals surface area contributed by atoms with E-state index in [2.05, 4.69) is 5.32 Å². The van der Waals surface area contributed by atoms with Gasteiger partial charge in [-0.3, -0.25) is 4.79 Å². The van der Waals surface area contributed by atoms with Gasteiger partial charge in [-0.1, -0.05) is 25.0 Å². The number of carbonyl (C=O) groups excluding carboxylic acids is 1. The normalized spacial score (nSPS) is 16.5. The number of carbonyl (C=O) groups is 1. The first-order chi connectivity index (χ1) is 14.3. The summed E-state index contributed by atoms with van der Waals surface area (Å²) in [5, 5.41) is 2.79. The fraction of sp³-hybridized carbons (Fsp3) is 0.435. The molecule has 1 fully saturated rings. The first kappa shape index (κ1) is 22.3. The van der Waals surface area contributed by atoms with Gasteiger partial charge >= 0.3 is 0 Å². The average molecular weight is 431 g/mol. The van der Waals surface area contributed by atoms with Gasteiger partial charge in [0.2, 0.25) is 10.0 Å². The van der Waals surface area contributed by atoms with Crippen molar-refractivity contribution in [1.29, 1.82) is 0 Å². The van der Waals surface area contributed by atoms with Crippen LogP contribution in [0, 0.1) is 13.8 Å².